The van der Waals surface area contributed by atoms with Crippen LogP contribution in [0.25, 0.3) is 0 Å². The smallest absolute Gasteiger partial charge is 0.337 e. The fourth-order valence-corrected chi connectivity index (χ4v) is 1.48. The number of hydrogen-bond acceptors (Lipinski definition) is 2. The van der Waals surface area contributed by atoms with E-state index in [0.29, 0.717) is 3.70 Å². The van der Waals surface area contributed by atoms with E-state index in [4.69, 9.17) is 5.11 Å². The molecule has 1 N–H and O–H groups in total. The molecule has 14 heavy (non-hydrogen) atoms. The van der Waals surface area contributed by atoms with Gasteiger partial charge in [0.2, 0.25) is 0 Å². The van der Waals surface area contributed by atoms with Crippen molar-refractivity contribution in [2.24, 2.45) is 0 Å². The summed E-state index contributed by atoms with van der Waals surface area (Å²) in [5.41, 5.74) is -0.657. The highest BCUT2D eigenvalue weighted by atomic mass is 127. The molecule has 0 unspecified atom stereocenters. The first-order valence-corrected chi connectivity index (χ1v) is 4.69. The van der Waals surface area contributed by atoms with Gasteiger partial charge in [0.1, 0.15) is 3.70 Å². The number of pyridine rings is 1. The third kappa shape index (κ3) is 1.99. The van der Waals surface area contributed by atoms with Crippen LogP contribution in [0.5, 0.6) is 0 Å². The molecular weight excluding hydrogens is 307 g/mol. The zero-order chi connectivity index (χ0) is 10.9. The number of carbonyl (C=O) groups is 1. The molecule has 1 heterocycles. The lowest BCUT2D eigenvalue weighted by atomic mass is 10.1. The number of carboxylic acid groups (broad SMARTS) is 1. The van der Waals surface area contributed by atoms with Gasteiger partial charge < -0.3 is 5.11 Å². The van der Waals surface area contributed by atoms with E-state index in [2.05, 4.69) is 4.98 Å². The van der Waals surface area contributed by atoms with Gasteiger partial charge in [0, 0.05) is 11.8 Å². The van der Waals surface area contributed by atoms with Crippen molar-refractivity contribution in [1.29, 1.82) is 0 Å². The Morgan fingerprint density at radius 3 is 2.64 bits per heavy atom. The summed E-state index contributed by atoms with van der Waals surface area (Å²) < 4.78 is 25.5. The van der Waals surface area contributed by atoms with Crippen molar-refractivity contribution in [2.75, 3.05) is 0 Å². The zero-order valence-electron chi connectivity index (χ0n) is 7.09. The number of carboxylic acids is 1. The molecule has 0 radical (unpaired) electrons. The topological polar surface area (TPSA) is 50.2 Å². The summed E-state index contributed by atoms with van der Waals surface area (Å²) in [7, 11) is 0. The van der Waals surface area contributed by atoms with Gasteiger partial charge in [-0.3, -0.25) is 0 Å². The van der Waals surface area contributed by atoms with Crippen LogP contribution in [0.1, 0.15) is 27.9 Å². The molecule has 0 bridgehead atoms. The Hall–Kier alpha value is -0.790. The molecule has 1 rings (SSSR count). The zero-order valence-corrected chi connectivity index (χ0v) is 9.25. The van der Waals surface area contributed by atoms with Crippen molar-refractivity contribution in [3.8, 4) is 0 Å². The summed E-state index contributed by atoms with van der Waals surface area (Å²) in [6.07, 6.45) is -1.84. The van der Waals surface area contributed by atoms with Crippen molar-refractivity contribution >= 4 is 28.6 Å². The Kier molecular flexibility index (Phi) is 3.35. The van der Waals surface area contributed by atoms with E-state index >= 15 is 0 Å². The molecule has 0 saturated carbocycles. The predicted molar refractivity (Wildman–Crippen MR) is 53.6 cm³/mol. The second-order valence-electron chi connectivity index (χ2n) is 2.61. The largest absolute Gasteiger partial charge is 0.478 e. The third-order valence-electron chi connectivity index (χ3n) is 1.76. The lowest BCUT2D eigenvalue weighted by Gasteiger charge is -2.09. The van der Waals surface area contributed by atoms with Crippen molar-refractivity contribution in [1.82, 2.24) is 4.98 Å². The Morgan fingerprint density at radius 2 is 2.21 bits per heavy atom. The lowest BCUT2D eigenvalue weighted by molar-refractivity contribution is 0.0683. The molecule has 0 aliphatic rings. The summed E-state index contributed by atoms with van der Waals surface area (Å²) in [6, 6.07) is 0. The highest BCUT2D eigenvalue weighted by Gasteiger charge is 2.22. The summed E-state index contributed by atoms with van der Waals surface area (Å²) in [4.78, 5) is 14.3. The number of alkyl halides is 2. The first-order chi connectivity index (χ1) is 6.45. The van der Waals surface area contributed by atoms with Crippen LogP contribution < -0.4 is 0 Å². The molecule has 1 aromatic rings. The minimum atomic E-state index is -2.79. The quantitative estimate of drug-likeness (QED) is 0.674. The van der Waals surface area contributed by atoms with Gasteiger partial charge in [-0.15, -0.1) is 0 Å². The average molecular weight is 313 g/mol. The number of aromatic nitrogens is 1. The number of halogens is 3. The van der Waals surface area contributed by atoms with E-state index in [1.807, 2.05) is 0 Å². The maximum Gasteiger partial charge on any atom is 0.337 e. The van der Waals surface area contributed by atoms with E-state index in [0.717, 1.165) is 6.20 Å². The first kappa shape index (κ1) is 11.3. The molecule has 0 aliphatic heterocycles. The molecule has 0 aromatic carbocycles. The Morgan fingerprint density at radius 1 is 1.64 bits per heavy atom. The van der Waals surface area contributed by atoms with Crippen molar-refractivity contribution in [3.05, 3.63) is 26.6 Å². The molecule has 0 aliphatic carbocycles. The summed E-state index contributed by atoms with van der Waals surface area (Å²) >= 11 is 1.79. The number of aromatic carboxylic acids is 1. The van der Waals surface area contributed by atoms with Gasteiger partial charge in [-0.2, -0.15) is 0 Å². The Balaban J connectivity index is 3.45. The van der Waals surface area contributed by atoms with Crippen LogP contribution in [0.2, 0.25) is 0 Å². The molecular formula is C8H6F2INO2. The van der Waals surface area contributed by atoms with E-state index in [9.17, 15) is 13.6 Å². The van der Waals surface area contributed by atoms with E-state index in [1.54, 1.807) is 22.6 Å². The normalized spacial score (nSPS) is 10.6. The van der Waals surface area contributed by atoms with Gasteiger partial charge in [0.25, 0.3) is 6.43 Å². The fraction of sp³-hybridized carbons (Fsp3) is 0.250. The molecule has 1 aromatic heterocycles. The van der Waals surface area contributed by atoms with Crippen LogP contribution in [-0.2, 0) is 0 Å². The van der Waals surface area contributed by atoms with Crippen LogP contribution in [-0.4, -0.2) is 16.1 Å². The molecule has 0 saturated heterocycles. The van der Waals surface area contributed by atoms with Gasteiger partial charge in [0.15, 0.2) is 0 Å². The molecule has 0 fully saturated rings. The van der Waals surface area contributed by atoms with E-state index < -0.39 is 23.5 Å². The monoisotopic (exact) mass is 313 g/mol. The number of rotatable bonds is 2. The van der Waals surface area contributed by atoms with E-state index in [1.165, 1.54) is 6.92 Å². The summed E-state index contributed by atoms with van der Waals surface area (Å²) in [5, 5.41) is 8.65. The van der Waals surface area contributed by atoms with Crippen LogP contribution in [0, 0.1) is 10.6 Å². The van der Waals surface area contributed by atoms with Gasteiger partial charge >= 0.3 is 5.97 Å². The average Bonchev–Trinajstić information content (AvgIpc) is 2.08. The Bertz CT molecular complexity index is 382. The van der Waals surface area contributed by atoms with Crippen LogP contribution in [0.4, 0.5) is 8.78 Å². The van der Waals surface area contributed by atoms with Gasteiger partial charge in [-0.1, -0.05) is 0 Å². The van der Waals surface area contributed by atoms with Crippen LogP contribution in [0.15, 0.2) is 6.20 Å². The number of hydrogen-bond donors (Lipinski definition) is 1. The van der Waals surface area contributed by atoms with E-state index in [-0.39, 0.29) is 5.56 Å². The van der Waals surface area contributed by atoms with Gasteiger partial charge in [0.05, 0.1) is 5.56 Å². The molecule has 76 valence electrons. The van der Waals surface area contributed by atoms with Gasteiger partial charge in [-0.05, 0) is 35.1 Å². The first-order valence-electron chi connectivity index (χ1n) is 3.61. The highest BCUT2D eigenvalue weighted by molar-refractivity contribution is 14.1. The maximum absolute atomic E-state index is 12.5. The number of nitrogens with zero attached hydrogens (tertiary/aromatic N) is 1. The fourth-order valence-electron chi connectivity index (χ4n) is 1.05. The lowest BCUT2D eigenvalue weighted by Crippen LogP contribution is -2.07. The maximum atomic E-state index is 12.5. The summed E-state index contributed by atoms with van der Waals surface area (Å²) in [6.45, 7) is 1.43. The second-order valence-corrected chi connectivity index (χ2v) is 3.63. The van der Waals surface area contributed by atoms with Crippen LogP contribution >= 0.6 is 22.6 Å². The van der Waals surface area contributed by atoms with Gasteiger partial charge in [-0.25, -0.2) is 18.6 Å². The molecule has 0 spiro atoms. The van der Waals surface area contributed by atoms with Crippen molar-refractivity contribution < 1.29 is 18.7 Å². The molecule has 0 amide bonds. The van der Waals surface area contributed by atoms with Crippen molar-refractivity contribution in [3.63, 3.8) is 0 Å². The van der Waals surface area contributed by atoms with Crippen molar-refractivity contribution in [2.45, 2.75) is 13.3 Å². The predicted octanol–water partition coefficient (Wildman–Crippen LogP) is 2.63. The Labute approximate surface area is 92.3 Å². The minimum Gasteiger partial charge on any atom is -0.478 e. The standard InChI is InChI=1S/C8H6F2INO2/c1-3-5(6(9)10)4(8(13)14)2-12-7(3)11/h2,6H,1H3,(H,13,14). The molecule has 0 atom stereocenters. The molecule has 3 nitrogen and oxygen atoms in total. The van der Waals surface area contributed by atoms with Crippen LogP contribution in [0.3, 0.4) is 0 Å². The minimum absolute atomic E-state index is 0.223. The summed E-state index contributed by atoms with van der Waals surface area (Å²) in [5.74, 6) is -1.38. The SMILES string of the molecule is Cc1c(I)ncc(C(=O)O)c1C(F)F. The third-order valence-corrected chi connectivity index (χ3v) is 2.85. The molecule has 6 heteroatoms. The highest BCUT2D eigenvalue weighted by Crippen LogP contribution is 2.28. The second kappa shape index (κ2) is 4.16.